The quantitative estimate of drug-likeness (QED) is 0.226. The van der Waals surface area contributed by atoms with Crippen molar-refractivity contribution in [2.45, 2.75) is 137 Å². The Labute approximate surface area is 366 Å². The van der Waals surface area contributed by atoms with Crippen LogP contribution in [0.15, 0.2) is 58.3 Å². The molecule has 9 nitrogen and oxygen atoms in total. The molecule has 304 valence electrons. The van der Waals surface area contributed by atoms with Crippen molar-refractivity contribution in [2.75, 3.05) is 12.5 Å². The van der Waals surface area contributed by atoms with Gasteiger partial charge in [0.05, 0.1) is 31.4 Å². The second kappa shape index (κ2) is 23.2. The van der Waals surface area contributed by atoms with Gasteiger partial charge in [-0.1, -0.05) is 112 Å². The van der Waals surface area contributed by atoms with E-state index < -0.39 is 31.6 Å². The first kappa shape index (κ1) is 48.7. The number of sulfone groups is 2. The number of benzene rings is 2. The molecule has 0 saturated heterocycles. The van der Waals surface area contributed by atoms with E-state index in [1.54, 1.807) is 12.2 Å². The van der Waals surface area contributed by atoms with E-state index in [9.17, 15) is 36.6 Å². The molecule has 2 aromatic rings. The number of carboxylic acids is 2. The molecule has 14 heteroatoms. The maximum absolute atomic E-state index is 11.5. The largest absolute Gasteiger partial charge is 1.00 e. The first-order chi connectivity index (χ1) is 26.0. The van der Waals surface area contributed by atoms with E-state index in [2.05, 4.69) is 5.32 Å². The van der Waals surface area contributed by atoms with Gasteiger partial charge in [-0.05, 0) is 98.6 Å². The Morgan fingerprint density at radius 1 is 0.625 bits per heavy atom. The van der Waals surface area contributed by atoms with Crippen LogP contribution < -0.4 is 40.0 Å². The minimum absolute atomic E-state index is 0. The number of nitrogens with one attached hydrogen (secondary N) is 1. The molecule has 0 aliphatic heterocycles. The van der Waals surface area contributed by atoms with Crippen LogP contribution in [0.4, 0.5) is 0 Å². The minimum atomic E-state index is -3.43. The normalized spacial score (nSPS) is 19.3. The summed E-state index contributed by atoms with van der Waals surface area (Å²) in [5, 5.41) is 24.6. The van der Waals surface area contributed by atoms with Crippen LogP contribution in [0.1, 0.15) is 127 Å². The first-order valence-corrected chi connectivity index (χ1v) is 24.2. The summed E-state index contributed by atoms with van der Waals surface area (Å²) < 4.78 is 46.1. The van der Waals surface area contributed by atoms with E-state index in [0.717, 1.165) is 76.0 Å². The molecule has 0 atom stereocenters. The third-order valence-corrected chi connectivity index (χ3v) is 14.2. The average molecular weight is 861 g/mol. The number of rotatable bonds is 10. The van der Waals surface area contributed by atoms with Crippen LogP contribution in [-0.4, -0.2) is 58.5 Å². The fourth-order valence-corrected chi connectivity index (χ4v) is 10.8. The molecule has 0 amide bonds. The Kier molecular flexibility index (Phi) is 20.1. The van der Waals surface area contributed by atoms with Crippen LogP contribution in [0.25, 0.3) is 11.1 Å². The van der Waals surface area contributed by atoms with E-state index in [-0.39, 0.29) is 72.4 Å². The fourth-order valence-electron chi connectivity index (χ4n) is 8.10. The smallest absolute Gasteiger partial charge is 0.545 e. The van der Waals surface area contributed by atoms with Gasteiger partial charge in [-0.25, -0.2) is 21.6 Å². The van der Waals surface area contributed by atoms with Crippen molar-refractivity contribution in [2.24, 2.45) is 11.8 Å². The Morgan fingerprint density at radius 3 is 1.29 bits per heavy atom. The van der Waals surface area contributed by atoms with Crippen molar-refractivity contribution in [3.8, 4) is 0 Å². The molecule has 0 radical (unpaired) electrons. The van der Waals surface area contributed by atoms with Crippen molar-refractivity contribution in [1.29, 1.82) is 0 Å². The number of halogens is 2. The third kappa shape index (κ3) is 15.5. The van der Waals surface area contributed by atoms with Gasteiger partial charge in [-0.2, -0.15) is 0 Å². The second-order valence-electron chi connectivity index (χ2n) is 15.5. The molecule has 56 heavy (non-hydrogen) atoms. The molecule has 4 fully saturated rings. The van der Waals surface area contributed by atoms with Crippen LogP contribution in [0.5, 0.6) is 0 Å². The Bertz CT molecular complexity index is 1770. The molecule has 2 aromatic carbocycles. The number of hydrogen-bond donors (Lipinski definition) is 2. The summed E-state index contributed by atoms with van der Waals surface area (Å²) in [7, 11) is -6.85. The molecule has 6 rings (SSSR count). The summed E-state index contributed by atoms with van der Waals surface area (Å²) in [6, 6.07) is 10.2. The van der Waals surface area contributed by atoms with Gasteiger partial charge < -0.3 is 20.3 Å². The van der Waals surface area contributed by atoms with Crippen molar-refractivity contribution in [3.05, 3.63) is 69.7 Å². The van der Waals surface area contributed by atoms with E-state index in [1.165, 1.54) is 101 Å². The van der Waals surface area contributed by atoms with Crippen LogP contribution in [0.3, 0.4) is 0 Å². The number of allylic oxidation sites excluding steroid dienone is 2. The third-order valence-electron chi connectivity index (χ3n) is 11.0. The summed E-state index contributed by atoms with van der Waals surface area (Å²) in [6.45, 7) is 0. The molecule has 2 N–H and O–H groups in total. The van der Waals surface area contributed by atoms with Crippen LogP contribution in [0.2, 0.25) is 10.0 Å². The fraction of sp³-hybridized carbons (Fsp3) is 0.571. The van der Waals surface area contributed by atoms with Crippen LogP contribution in [0, 0.1) is 11.8 Å². The second-order valence-corrected chi connectivity index (χ2v) is 20.3. The number of aliphatic carboxylic acids is 2. The van der Waals surface area contributed by atoms with Crippen molar-refractivity contribution in [1.82, 2.24) is 5.32 Å². The number of carbonyl (C=O) groups is 2. The predicted octanol–water partition coefficient (Wildman–Crippen LogP) is 5.71. The predicted molar refractivity (Wildman–Crippen MR) is 219 cm³/mol. The molecular formula is C42H56Cl2NNaO8S2. The molecule has 4 aliphatic rings. The zero-order chi connectivity index (χ0) is 40.2. The van der Waals surface area contributed by atoms with Crippen molar-refractivity contribution >= 4 is 66.0 Å². The molecule has 0 bridgehead atoms. The number of carbonyl (C=O) groups excluding carboxylic acids is 1. The maximum atomic E-state index is 11.5. The SMILES string of the molecule is C1CCC(NC2CCCCC2)CC1.CS(=O)(=O)c1ccc(/C(=C\C2CCCC2)C(=O)O)cc1Cl.CS(=O)(=O)c1ccc(/C(=C\C2CCCC2)C(=O)[O-])cc1Cl.[Na+]. The van der Waals surface area contributed by atoms with Crippen LogP contribution in [-0.2, 0) is 29.3 Å². The van der Waals surface area contributed by atoms with Gasteiger partial charge in [-0.15, -0.1) is 0 Å². The number of carboxylic acid groups (broad SMARTS) is 2. The monoisotopic (exact) mass is 859 g/mol. The van der Waals surface area contributed by atoms with Gasteiger partial charge in [0.2, 0.25) is 0 Å². The molecule has 4 saturated carbocycles. The summed E-state index contributed by atoms with van der Waals surface area (Å²) in [4.78, 5) is 22.8. The molecule has 4 aliphatic carbocycles. The summed E-state index contributed by atoms with van der Waals surface area (Å²) in [5.41, 5.74) is 1.07. The van der Waals surface area contributed by atoms with Gasteiger partial charge in [-0.3, -0.25) is 0 Å². The summed E-state index contributed by atoms with van der Waals surface area (Å²) in [6.07, 6.45) is 28.5. The van der Waals surface area contributed by atoms with E-state index in [1.807, 2.05) is 0 Å². The number of hydrogen-bond acceptors (Lipinski definition) is 8. The standard InChI is InChI=1S/2C15H17ClO4S.C12H23N.Na/c2*1-21(19,20)14-7-6-11(9-13(14)16)12(15(17)18)8-10-4-2-3-5-10;1-3-7-11(8-4-1)13-12-9-5-2-6-10-12;/h2*6-10H,2-5H2,1H3,(H,17,18);11-13H,1-10H2;/q;;;+1/p-1/b2*12-8+;;. The van der Waals surface area contributed by atoms with Crippen LogP contribution >= 0.6 is 23.2 Å². The zero-order valence-corrected chi connectivity index (χ0v) is 38.2. The van der Waals surface area contributed by atoms with Gasteiger partial charge in [0, 0.05) is 30.2 Å². The Morgan fingerprint density at radius 2 is 0.964 bits per heavy atom. The Balaban J connectivity index is 0.000000229. The molecule has 0 spiro atoms. The Hall–Kier alpha value is -1.70. The molecular weight excluding hydrogens is 804 g/mol. The van der Waals surface area contributed by atoms with E-state index >= 15 is 0 Å². The minimum Gasteiger partial charge on any atom is -0.545 e. The molecule has 0 unspecified atom stereocenters. The summed E-state index contributed by atoms with van der Waals surface area (Å²) in [5.74, 6) is -1.80. The van der Waals surface area contributed by atoms with Gasteiger partial charge >= 0.3 is 35.5 Å². The first-order valence-electron chi connectivity index (χ1n) is 19.7. The average Bonchev–Trinajstić information content (AvgIpc) is 3.85. The van der Waals surface area contributed by atoms with Crippen molar-refractivity contribution < 1.29 is 66.2 Å². The molecule has 0 aromatic heterocycles. The summed E-state index contributed by atoms with van der Waals surface area (Å²) >= 11 is 11.9. The zero-order valence-electron chi connectivity index (χ0n) is 33.0. The van der Waals surface area contributed by atoms with Crippen molar-refractivity contribution in [3.63, 3.8) is 0 Å². The van der Waals surface area contributed by atoms with E-state index in [4.69, 9.17) is 23.2 Å². The molecule has 0 heterocycles. The van der Waals surface area contributed by atoms with E-state index in [0.29, 0.717) is 11.1 Å². The maximum Gasteiger partial charge on any atom is 1.00 e. The van der Waals surface area contributed by atoms with Gasteiger partial charge in [0.1, 0.15) is 0 Å². The van der Waals surface area contributed by atoms with Gasteiger partial charge in [0.25, 0.3) is 0 Å². The topological polar surface area (TPSA) is 158 Å². The van der Waals surface area contributed by atoms with Gasteiger partial charge in [0.15, 0.2) is 19.7 Å².